The van der Waals surface area contributed by atoms with Crippen LogP contribution in [0.1, 0.15) is 17.5 Å². The minimum absolute atomic E-state index is 0.0280. The van der Waals surface area contributed by atoms with Crippen LogP contribution >= 0.6 is 0 Å². The Morgan fingerprint density at radius 1 is 1.14 bits per heavy atom. The van der Waals surface area contributed by atoms with Gasteiger partial charge >= 0.3 is 0 Å². The lowest BCUT2D eigenvalue weighted by Gasteiger charge is -2.21. The molecule has 1 fully saturated rings. The molecule has 0 radical (unpaired) electrons. The van der Waals surface area contributed by atoms with Crippen LogP contribution in [0.15, 0.2) is 54.6 Å². The van der Waals surface area contributed by atoms with E-state index in [0.29, 0.717) is 31.7 Å². The van der Waals surface area contributed by atoms with E-state index in [1.54, 1.807) is 35.1 Å². The number of carbonyl (C=O) groups excluding carboxylic acids is 2. The van der Waals surface area contributed by atoms with Crippen molar-refractivity contribution in [2.75, 3.05) is 26.7 Å². The number of hydrogen-bond acceptors (Lipinski definition) is 3. The number of ether oxygens (including phenoxy) is 1. The van der Waals surface area contributed by atoms with E-state index in [4.69, 9.17) is 4.74 Å². The van der Waals surface area contributed by atoms with Crippen molar-refractivity contribution in [2.24, 2.45) is 0 Å². The van der Waals surface area contributed by atoms with Crippen LogP contribution in [-0.4, -0.2) is 48.4 Å². The highest BCUT2D eigenvalue weighted by molar-refractivity contribution is 5.92. The fourth-order valence-corrected chi connectivity index (χ4v) is 3.09. The van der Waals surface area contributed by atoms with Gasteiger partial charge in [-0.25, -0.2) is 4.39 Å². The molecule has 0 aromatic heterocycles. The van der Waals surface area contributed by atoms with Gasteiger partial charge in [-0.2, -0.15) is 0 Å². The van der Waals surface area contributed by atoms with Gasteiger partial charge < -0.3 is 14.5 Å². The average molecular weight is 382 g/mol. The molecule has 146 valence electrons. The summed E-state index contributed by atoms with van der Waals surface area (Å²) < 4.78 is 18.4. The van der Waals surface area contributed by atoms with Gasteiger partial charge in [-0.3, -0.25) is 9.59 Å². The molecule has 1 aliphatic heterocycles. The highest BCUT2D eigenvalue weighted by atomic mass is 19.1. The molecule has 2 aromatic rings. The Labute approximate surface area is 164 Å². The van der Waals surface area contributed by atoms with Gasteiger partial charge in [0.15, 0.2) is 0 Å². The molecule has 0 spiro atoms. The summed E-state index contributed by atoms with van der Waals surface area (Å²) in [5.41, 5.74) is 1.64. The molecule has 5 nitrogen and oxygen atoms in total. The molecular formula is C22H23FN2O3. The predicted octanol–water partition coefficient (Wildman–Crippen LogP) is 3.11. The normalized spacial score (nSPS) is 15.0. The van der Waals surface area contributed by atoms with Gasteiger partial charge in [0, 0.05) is 38.7 Å². The molecule has 28 heavy (non-hydrogen) atoms. The van der Waals surface area contributed by atoms with Crippen LogP contribution < -0.4 is 4.74 Å². The van der Waals surface area contributed by atoms with Crippen LogP contribution in [0.4, 0.5) is 4.39 Å². The van der Waals surface area contributed by atoms with E-state index in [2.05, 4.69) is 0 Å². The van der Waals surface area contributed by atoms with Crippen LogP contribution in [0.3, 0.4) is 0 Å². The lowest BCUT2D eigenvalue weighted by Crippen LogP contribution is -2.34. The smallest absolute Gasteiger partial charge is 0.246 e. The number of methoxy groups -OCH3 is 1. The number of benzene rings is 2. The molecule has 0 saturated carbocycles. The van der Waals surface area contributed by atoms with Crippen LogP contribution in [0.2, 0.25) is 0 Å². The molecule has 0 N–H and O–H groups in total. The third-order valence-corrected chi connectivity index (χ3v) is 4.70. The summed E-state index contributed by atoms with van der Waals surface area (Å²) in [4.78, 5) is 28.3. The number of rotatable bonds is 5. The third kappa shape index (κ3) is 5.19. The topological polar surface area (TPSA) is 49.9 Å². The number of carbonyl (C=O) groups is 2. The second-order valence-electron chi connectivity index (χ2n) is 6.63. The van der Waals surface area contributed by atoms with Crippen LogP contribution in [0.5, 0.6) is 5.75 Å². The highest BCUT2D eigenvalue weighted by Crippen LogP contribution is 2.15. The number of hydrogen-bond donors (Lipinski definition) is 0. The molecule has 3 rings (SSSR count). The molecular weight excluding hydrogens is 359 g/mol. The Hall–Kier alpha value is -3.15. The van der Waals surface area contributed by atoms with Gasteiger partial charge in [-0.15, -0.1) is 0 Å². The summed E-state index contributed by atoms with van der Waals surface area (Å²) in [6.07, 6.45) is 3.31. The summed E-state index contributed by atoms with van der Waals surface area (Å²) in [5, 5.41) is 0. The summed E-state index contributed by atoms with van der Waals surface area (Å²) in [7, 11) is 1.61. The second-order valence-corrected chi connectivity index (χ2v) is 6.63. The van der Waals surface area contributed by atoms with Gasteiger partial charge in [0.1, 0.15) is 11.6 Å². The van der Waals surface area contributed by atoms with Crippen molar-refractivity contribution in [2.45, 2.75) is 13.0 Å². The Balaban J connectivity index is 1.59. The highest BCUT2D eigenvalue weighted by Gasteiger charge is 2.22. The zero-order valence-corrected chi connectivity index (χ0v) is 15.8. The maximum atomic E-state index is 13.2. The molecule has 0 aliphatic carbocycles. The predicted molar refractivity (Wildman–Crippen MR) is 105 cm³/mol. The van der Waals surface area contributed by atoms with Crippen molar-refractivity contribution in [3.05, 3.63) is 71.6 Å². The van der Waals surface area contributed by atoms with Crippen molar-refractivity contribution in [1.29, 1.82) is 0 Å². The minimum atomic E-state index is -0.343. The fraction of sp³-hybridized carbons (Fsp3) is 0.273. The summed E-state index contributed by atoms with van der Waals surface area (Å²) in [6, 6.07) is 13.7. The van der Waals surface area contributed by atoms with E-state index in [1.807, 2.05) is 24.3 Å². The zero-order chi connectivity index (χ0) is 19.9. The van der Waals surface area contributed by atoms with E-state index in [1.165, 1.54) is 18.2 Å². The monoisotopic (exact) mass is 382 g/mol. The maximum Gasteiger partial charge on any atom is 0.246 e. The number of nitrogens with zero attached hydrogens (tertiary/aromatic N) is 2. The Morgan fingerprint density at radius 3 is 2.64 bits per heavy atom. The molecule has 2 amide bonds. The van der Waals surface area contributed by atoms with Gasteiger partial charge in [0.2, 0.25) is 11.8 Å². The van der Waals surface area contributed by atoms with Crippen molar-refractivity contribution in [3.63, 3.8) is 0 Å². The van der Waals surface area contributed by atoms with E-state index >= 15 is 0 Å². The van der Waals surface area contributed by atoms with Gasteiger partial charge in [-0.05, 0) is 41.5 Å². The van der Waals surface area contributed by atoms with Crippen molar-refractivity contribution < 1.29 is 18.7 Å². The summed E-state index contributed by atoms with van der Waals surface area (Å²) in [5.74, 6) is 0.278. The Kier molecular flexibility index (Phi) is 6.42. The molecule has 6 heteroatoms. The van der Waals surface area contributed by atoms with Gasteiger partial charge in [0.05, 0.1) is 7.11 Å². The molecule has 1 saturated heterocycles. The second kappa shape index (κ2) is 9.17. The molecule has 0 unspecified atom stereocenters. The first-order valence-electron chi connectivity index (χ1n) is 9.18. The lowest BCUT2D eigenvalue weighted by molar-refractivity contribution is -0.130. The van der Waals surface area contributed by atoms with E-state index in [-0.39, 0.29) is 24.1 Å². The first-order chi connectivity index (χ1) is 13.5. The van der Waals surface area contributed by atoms with Crippen LogP contribution in [0.25, 0.3) is 6.08 Å². The summed E-state index contributed by atoms with van der Waals surface area (Å²) >= 11 is 0. The van der Waals surface area contributed by atoms with Crippen LogP contribution in [-0.2, 0) is 16.1 Å². The fourth-order valence-electron chi connectivity index (χ4n) is 3.09. The van der Waals surface area contributed by atoms with E-state index in [0.717, 1.165) is 11.3 Å². The van der Waals surface area contributed by atoms with Gasteiger partial charge in [-0.1, -0.05) is 24.3 Å². The third-order valence-electron chi connectivity index (χ3n) is 4.70. The van der Waals surface area contributed by atoms with Crippen LogP contribution in [0, 0.1) is 5.82 Å². The minimum Gasteiger partial charge on any atom is -0.497 e. The van der Waals surface area contributed by atoms with Crippen molar-refractivity contribution in [3.8, 4) is 5.75 Å². The molecule has 2 aromatic carbocycles. The lowest BCUT2D eigenvalue weighted by atomic mass is 10.2. The first kappa shape index (κ1) is 19.6. The van der Waals surface area contributed by atoms with Crippen molar-refractivity contribution >= 4 is 17.9 Å². The van der Waals surface area contributed by atoms with Gasteiger partial charge in [0.25, 0.3) is 0 Å². The number of halogens is 1. The molecule has 0 bridgehead atoms. The quantitative estimate of drug-likeness (QED) is 0.747. The van der Waals surface area contributed by atoms with E-state index in [9.17, 15) is 14.0 Å². The summed E-state index contributed by atoms with van der Waals surface area (Å²) in [6.45, 7) is 1.83. The first-order valence-corrected chi connectivity index (χ1v) is 9.18. The van der Waals surface area contributed by atoms with E-state index < -0.39 is 0 Å². The maximum absolute atomic E-state index is 13.2. The Bertz CT molecular complexity index is 864. The zero-order valence-electron chi connectivity index (χ0n) is 15.8. The van der Waals surface area contributed by atoms with Crippen molar-refractivity contribution in [1.82, 2.24) is 9.80 Å². The Morgan fingerprint density at radius 2 is 1.93 bits per heavy atom. The number of amides is 2. The molecule has 0 atom stereocenters. The average Bonchev–Trinajstić information content (AvgIpc) is 2.89. The largest absolute Gasteiger partial charge is 0.497 e. The SMILES string of the molecule is COc1ccc(CN2CCN(C(=O)/C=C/c3cccc(F)c3)CCC2=O)cc1. The standard InChI is InChI=1S/C22H23FN2O3/c1-28-20-8-5-18(6-9-20)16-25-14-13-24(12-11-22(25)27)21(26)10-7-17-3-2-4-19(23)15-17/h2-10,15H,11-14,16H2,1H3/b10-7+. The molecule has 1 aliphatic rings. The molecule has 1 heterocycles.